The first-order chi connectivity index (χ1) is 9.38. The summed E-state index contributed by atoms with van der Waals surface area (Å²) in [4.78, 5) is 0. The normalized spacial score (nSPS) is 10.7. The number of nitrogens with one attached hydrogen (secondary N) is 1. The molecule has 20 heavy (non-hydrogen) atoms. The molecular formula is C15H14BrF2NO. The molecule has 0 amide bonds. The number of anilines is 1. The van der Waals surface area contributed by atoms with Gasteiger partial charge in [-0.25, -0.2) is 8.78 Å². The van der Waals surface area contributed by atoms with Crippen molar-refractivity contribution in [1.82, 2.24) is 0 Å². The van der Waals surface area contributed by atoms with Gasteiger partial charge in [0.2, 0.25) is 0 Å². The zero-order valence-electron chi connectivity index (χ0n) is 11.1. The highest BCUT2D eigenvalue weighted by Crippen LogP contribution is 2.26. The molecule has 0 heterocycles. The topological polar surface area (TPSA) is 32.3 Å². The summed E-state index contributed by atoms with van der Waals surface area (Å²) in [5.41, 5.74) is 3.44. The second-order valence-electron chi connectivity index (χ2n) is 4.68. The molecule has 0 spiro atoms. The van der Waals surface area contributed by atoms with Gasteiger partial charge in [-0.1, -0.05) is 15.9 Å². The maximum atomic E-state index is 13.3. The lowest BCUT2D eigenvalue weighted by molar-refractivity contribution is 0.395. The molecule has 0 fully saturated rings. The number of aryl methyl sites for hydroxylation is 2. The van der Waals surface area contributed by atoms with Gasteiger partial charge in [0.25, 0.3) is 0 Å². The largest absolute Gasteiger partial charge is 0.503 e. The van der Waals surface area contributed by atoms with Crippen LogP contribution < -0.4 is 5.32 Å². The highest BCUT2D eigenvalue weighted by molar-refractivity contribution is 9.10. The average molecular weight is 342 g/mol. The Morgan fingerprint density at radius 3 is 2.05 bits per heavy atom. The van der Waals surface area contributed by atoms with E-state index in [9.17, 15) is 8.78 Å². The first kappa shape index (κ1) is 14.8. The SMILES string of the molecule is Cc1cc(Br)cc(C)c1NCc1cc(F)c(O)c(F)c1. The molecule has 2 aromatic rings. The van der Waals surface area contributed by atoms with E-state index in [0.717, 1.165) is 33.4 Å². The predicted octanol–water partition coefficient (Wildman–Crippen LogP) is 4.66. The summed E-state index contributed by atoms with van der Waals surface area (Å²) in [6.45, 7) is 4.19. The third-order valence-corrected chi connectivity index (χ3v) is 3.50. The third-order valence-electron chi connectivity index (χ3n) is 3.04. The molecule has 0 aliphatic heterocycles. The fourth-order valence-electron chi connectivity index (χ4n) is 2.10. The van der Waals surface area contributed by atoms with Gasteiger partial charge < -0.3 is 10.4 Å². The van der Waals surface area contributed by atoms with E-state index in [4.69, 9.17) is 5.11 Å². The van der Waals surface area contributed by atoms with Crippen molar-refractivity contribution in [3.05, 3.63) is 57.1 Å². The lowest BCUT2D eigenvalue weighted by atomic mass is 10.1. The van der Waals surface area contributed by atoms with E-state index in [1.165, 1.54) is 0 Å². The van der Waals surface area contributed by atoms with Crippen molar-refractivity contribution < 1.29 is 13.9 Å². The summed E-state index contributed by atoms with van der Waals surface area (Å²) < 4.78 is 27.5. The molecule has 106 valence electrons. The molecule has 0 atom stereocenters. The highest BCUT2D eigenvalue weighted by atomic mass is 79.9. The molecule has 0 saturated carbocycles. The number of aromatic hydroxyl groups is 1. The molecule has 0 aromatic heterocycles. The number of phenols is 1. The van der Waals surface area contributed by atoms with Gasteiger partial charge in [0.1, 0.15) is 0 Å². The van der Waals surface area contributed by atoms with Crippen LogP contribution in [0.5, 0.6) is 5.75 Å². The number of rotatable bonds is 3. The summed E-state index contributed by atoms with van der Waals surface area (Å²) in [6.07, 6.45) is 0. The average Bonchev–Trinajstić information content (AvgIpc) is 2.34. The van der Waals surface area contributed by atoms with E-state index in [2.05, 4.69) is 21.2 Å². The van der Waals surface area contributed by atoms with Crippen molar-refractivity contribution in [2.75, 3.05) is 5.32 Å². The Morgan fingerprint density at radius 2 is 1.55 bits per heavy atom. The Morgan fingerprint density at radius 1 is 1.05 bits per heavy atom. The van der Waals surface area contributed by atoms with E-state index >= 15 is 0 Å². The van der Waals surface area contributed by atoms with Gasteiger partial charge >= 0.3 is 0 Å². The van der Waals surface area contributed by atoms with Crippen molar-refractivity contribution in [3.8, 4) is 5.75 Å². The minimum Gasteiger partial charge on any atom is -0.503 e. The second kappa shape index (κ2) is 5.79. The minimum absolute atomic E-state index is 0.275. The van der Waals surface area contributed by atoms with E-state index in [-0.39, 0.29) is 6.54 Å². The molecular weight excluding hydrogens is 328 g/mol. The fourth-order valence-corrected chi connectivity index (χ4v) is 2.79. The van der Waals surface area contributed by atoms with Crippen molar-refractivity contribution in [3.63, 3.8) is 0 Å². The van der Waals surface area contributed by atoms with Gasteiger partial charge in [-0.05, 0) is 54.8 Å². The molecule has 2 aromatic carbocycles. The van der Waals surface area contributed by atoms with Crippen LogP contribution in [-0.2, 0) is 6.54 Å². The van der Waals surface area contributed by atoms with Gasteiger partial charge in [0.05, 0.1) is 0 Å². The van der Waals surface area contributed by atoms with Gasteiger partial charge in [-0.3, -0.25) is 0 Å². The molecule has 0 bridgehead atoms. The van der Waals surface area contributed by atoms with Gasteiger partial charge in [-0.15, -0.1) is 0 Å². The Bertz CT molecular complexity index is 612. The Labute approximate surface area is 124 Å². The van der Waals surface area contributed by atoms with Crippen LogP contribution in [0.1, 0.15) is 16.7 Å². The van der Waals surface area contributed by atoms with Crippen molar-refractivity contribution in [2.45, 2.75) is 20.4 Å². The molecule has 2 N–H and O–H groups in total. The lowest BCUT2D eigenvalue weighted by Gasteiger charge is -2.14. The number of halogens is 3. The van der Waals surface area contributed by atoms with Crippen LogP contribution in [0.3, 0.4) is 0 Å². The molecule has 0 unspecified atom stereocenters. The van der Waals surface area contributed by atoms with E-state index < -0.39 is 17.4 Å². The Balaban J connectivity index is 2.21. The summed E-state index contributed by atoms with van der Waals surface area (Å²) in [6, 6.07) is 6.17. The van der Waals surface area contributed by atoms with Crippen LogP contribution in [0, 0.1) is 25.5 Å². The smallest absolute Gasteiger partial charge is 0.187 e. The Kier molecular flexibility index (Phi) is 4.28. The van der Waals surface area contributed by atoms with Crippen molar-refractivity contribution in [1.29, 1.82) is 0 Å². The van der Waals surface area contributed by atoms with Crippen LogP contribution in [-0.4, -0.2) is 5.11 Å². The van der Waals surface area contributed by atoms with Crippen LogP contribution in [0.2, 0.25) is 0 Å². The summed E-state index contributed by atoms with van der Waals surface area (Å²) in [5.74, 6) is -2.85. The van der Waals surface area contributed by atoms with E-state index in [0.29, 0.717) is 5.56 Å². The molecule has 2 nitrogen and oxygen atoms in total. The van der Waals surface area contributed by atoms with Crippen LogP contribution >= 0.6 is 15.9 Å². The fraction of sp³-hybridized carbons (Fsp3) is 0.200. The van der Waals surface area contributed by atoms with Crippen molar-refractivity contribution in [2.24, 2.45) is 0 Å². The first-order valence-corrected chi connectivity index (χ1v) is 6.85. The molecule has 0 radical (unpaired) electrons. The molecule has 5 heteroatoms. The first-order valence-electron chi connectivity index (χ1n) is 6.06. The van der Waals surface area contributed by atoms with Gasteiger partial charge in [-0.2, -0.15) is 0 Å². The zero-order valence-corrected chi connectivity index (χ0v) is 12.7. The van der Waals surface area contributed by atoms with Crippen LogP contribution in [0.15, 0.2) is 28.7 Å². The van der Waals surface area contributed by atoms with Crippen LogP contribution in [0.25, 0.3) is 0 Å². The lowest BCUT2D eigenvalue weighted by Crippen LogP contribution is -2.04. The number of hydrogen-bond donors (Lipinski definition) is 2. The Hall–Kier alpha value is -1.62. The molecule has 2 rings (SSSR count). The number of hydrogen-bond acceptors (Lipinski definition) is 2. The molecule has 0 aliphatic carbocycles. The number of phenolic OH excluding ortho intramolecular Hbond substituents is 1. The van der Waals surface area contributed by atoms with E-state index in [1.807, 2.05) is 26.0 Å². The standard InChI is InChI=1S/C15H14BrF2NO/c1-8-3-11(16)4-9(2)14(8)19-7-10-5-12(17)15(20)13(18)6-10/h3-6,19-20H,7H2,1-2H3. The van der Waals surface area contributed by atoms with Gasteiger partial charge in [0, 0.05) is 16.7 Å². The highest BCUT2D eigenvalue weighted by Gasteiger charge is 2.10. The summed E-state index contributed by atoms with van der Waals surface area (Å²) >= 11 is 3.42. The zero-order chi connectivity index (χ0) is 14.9. The third kappa shape index (κ3) is 3.10. The van der Waals surface area contributed by atoms with E-state index in [1.54, 1.807) is 0 Å². The molecule has 0 saturated heterocycles. The predicted molar refractivity (Wildman–Crippen MR) is 79.0 cm³/mol. The number of benzene rings is 2. The maximum Gasteiger partial charge on any atom is 0.187 e. The van der Waals surface area contributed by atoms with Gasteiger partial charge in [0.15, 0.2) is 17.4 Å². The minimum atomic E-state index is -0.953. The summed E-state index contributed by atoms with van der Waals surface area (Å²) in [7, 11) is 0. The quantitative estimate of drug-likeness (QED) is 0.850. The second-order valence-corrected chi connectivity index (χ2v) is 5.59. The van der Waals surface area contributed by atoms with Crippen molar-refractivity contribution >= 4 is 21.6 Å². The molecule has 0 aliphatic rings. The van der Waals surface area contributed by atoms with Crippen LogP contribution in [0.4, 0.5) is 14.5 Å². The summed E-state index contributed by atoms with van der Waals surface area (Å²) in [5, 5.41) is 12.2. The maximum absolute atomic E-state index is 13.3. The monoisotopic (exact) mass is 341 g/mol.